The number of hydrogen-bond donors (Lipinski definition) is 2. The molecule has 0 saturated carbocycles. The summed E-state index contributed by atoms with van der Waals surface area (Å²) in [6, 6.07) is 9.62. The molecule has 2 N–H and O–H groups in total. The van der Waals surface area contributed by atoms with E-state index in [2.05, 4.69) is 21.6 Å². The Kier molecular flexibility index (Phi) is 4.67. The van der Waals surface area contributed by atoms with Gasteiger partial charge in [0, 0.05) is 31.3 Å². The highest BCUT2D eigenvalue weighted by molar-refractivity contribution is 5.64. The molecule has 0 spiro atoms. The number of nitrogens with one attached hydrogen (secondary N) is 2. The van der Waals surface area contributed by atoms with E-state index < -0.39 is 0 Å². The Morgan fingerprint density at radius 1 is 1.47 bits per heavy atom. The van der Waals surface area contributed by atoms with Crippen LogP contribution in [0.3, 0.4) is 0 Å². The molecule has 0 amide bonds. The minimum absolute atomic E-state index is 0.644. The molecule has 98 valence electrons. The minimum Gasteiger partial charge on any atom is -0.383 e. The van der Waals surface area contributed by atoms with Crippen molar-refractivity contribution >= 4 is 0 Å². The molecule has 0 unspecified atom stereocenters. The fraction of sp³-hybridized carbons (Fsp3) is 0.286. The number of aromatic nitrogens is 2. The number of aromatic amines is 1. The fourth-order valence-corrected chi connectivity index (χ4v) is 1.84. The normalized spacial score (nSPS) is 10.3. The Bertz CT molecular complexity index is 571. The second-order valence-electron chi connectivity index (χ2n) is 4.13. The zero-order valence-corrected chi connectivity index (χ0v) is 10.8. The van der Waals surface area contributed by atoms with Gasteiger partial charge >= 0.3 is 0 Å². The quantitative estimate of drug-likeness (QED) is 0.771. The lowest BCUT2D eigenvalue weighted by Gasteiger charge is -2.05. The van der Waals surface area contributed by atoms with E-state index in [4.69, 9.17) is 10.00 Å². The number of hydrogen-bond acceptors (Lipinski definition) is 4. The number of H-pyrrole nitrogens is 1. The first-order chi connectivity index (χ1) is 9.35. The first kappa shape index (κ1) is 13.3. The van der Waals surface area contributed by atoms with E-state index in [1.165, 1.54) is 0 Å². The average molecular weight is 256 g/mol. The molecule has 0 bridgehead atoms. The standard InChI is InChI=1S/C14H16N4O/c1-19-6-5-16-9-13-10-17-18-14(13)12-4-2-3-11(7-12)8-15/h2-4,7,10,16H,5-6,9H2,1H3,(H,17,18). The third-order valence-corrected chi connectivity index (χ3v) is 2.80. The van der Waals surface area contributed by atoms with E-state index in [0.717, 1.165) is 23.4 Å². The van der Waals surface area contributed by atoms with Crippen LogP contribution in [0, 0.1) is 11.3 Å². The van der Waals surface area contributed by atoms with Crippen molar-refractivity contribution in [1.29, 1.82) is 5.26 Å². The van der Waals surface area contributed by atoms with Crippen LogP contribution in [-0.4, -0.2) is 30.5 Å². The number of methoxy groups -OCH3 is 1. The van der Waals surface area contributed by atoms with Crippen LogP contribution in [-0.2, 0) is 11.3 Å². The summed E-state index contributed by atoms with van der Waals surface area (Å²) in [5.74, 6) is 0. The van der Waals surface area contributed by atoms with Crippen molar-refractivity contribution in [1.82, 2.24) is 15.5 Å². The summed E-state index contributed by atoms with van der Waals surface area (Å²) in [4.78, 5) is 0. The molecule has 5 nitrogen and oxygen atoms in total. The Labute approximate surface area is 112 Å². The first-order valence-electron chi connectivity index (χ1n) is 6.07. The SMILES string of the molecule is COCCNCc1cn[nH]c1-c1cccc(C#N)c1. The van der Waals surface area contributed by atoms with Crippen LogP contribution in [0.2, 0.25) is 0 Å². The molecular formula is C14H16N4O. The Balaban J connectivity index is 2.12. The molecule has 0 aliphatic carbocycles. The molecule has 19 heavy (non-hydrogen) atoms. The van der Waals surface area contributed by atoms with Crippen molar-refractivity contribution in [2.24, 2.45) is 0 Å². The highest BCUT2D eigenvalue weighted by Gasteiger charge is 2.07. The predicted octanol–water partition coefficient (Wildman–Crippen LogP) is 1.68. The molecule has 0 fully saturated rings. The summed E-state index contributed by atoms with van der Waals surface area (Å²) >= 11 is 0. The maximum Gasteiger partial charge on any atom is 0.0991 e. The largest absolute Gasteiger partial charge is 0.383 e. The maximum absolute atomic E-state index is 8.93. The van der Waals surface area contributed by atoms with Crippen LogP contribution in [0.15, 0.2) is 30.5 Å². The summed E-state index contributed by atoms with van der Waals surface area (Å²) in [7, 11) is 1.68. The van der Waals surface area contributed by atoms with Gasteiger partial charge in [0.05, 0.1) is 30.1 Å². The Morgan fingerprint density at radius 2 is 2.37 bits per heavy atom. The number of nitriles is 1. The summed E-state index contributed by atoms with van der Waals surface area (Å²) in [5, 5.41) is 19.3. The second-order valence-corrected chi connectivity index (χ2v) is 4.13. The van der Waals surface area contributed by atoms with Gasteiger partial charge in [0.1, 0.15) is 0 Å². The van der Waals surface area contributed by atoms with Gasteiger partial charge in [-0.15, -0.1) is 0 Å². The molecule has 2 rings (SSSR count). The van der Waals surface area contributed by atoms with Gasteiger partial charge in [0.2, 0.25) is 0 Å². The molecule has 0 atom stereocenters. The van der Waals surface area contributed by atoms with Crippen molar-refractivity contribution < 1.29 is 4.74 Å². The van der Waals surface area contributed by atoms with Gasteiger partial charge in [0.25, 0.3) is 0 Å². The number of ether oxygens (including phenoxy) is 1. The predicted molar refractivity (Wildman–Crippen MR) is 72.3 cm³/mol. The molecule has 5 heteroatoms. The van der Waals surface area contributed by atoms with Crippen LogP contribution in [0.5, 0.6) is 0 Å². The van der Waals surface area contributed by atoms with Crippen molar-refractivity contribution in [3.05, 3.63) is 41.6 Å². The minimum atomic E-state index is 0.644. The van der Waals surface area contributed by atoms with Crippen molar-refractivity contribution in [3.8, 4) is 17.3 Å². The van der Waals surface area contributed by atoms with E-state index in [1.807, 2.05) is 18.2 Å². The smallest absolute Gasteiger partial charge is 0.0991 e. The van der Waals surface area contributed by atoms with E-state index in [1.54, 1.807) is 19.4 Å². The molecule has 1 aromatic heterocycles. The second kappa shape index (κ2) is 6.69. The Hall–Kier alpha value is -2.16. The van der Waals surface area contributed by atoms with Crippen molar-refractivity contribution in [3.63, 3.8) is 0 Å². The third kappa shape index (κ3) is 3.41. The van der Waals surface area contributed by atoms with E-state index in [-0.39, 0.29) is 0 Å². The van der Waals surface area contributed by atoms with Gasteiger partial charge in [-0.2, -0.15) is 10.4 Å². The van der Waals surface area contributed by atoms with Gasteiger partial charge in [-0.25, -0.2) is 0 Å². The van der Waals surface area contributed by atoms with Crippen molar-refractivity contribution in [2.75, 3.05) is 20.3 Å². The first-order valence-corrected chi connectivity index (χ1v) is 6.07. The van der Waals surface area contributed by atoms with E-state index >= 15 is 0 Å². The molecule has 2 aromatic rings. The zero-order chi connectivity index (χ0) is 13.5. The molecule has 0 saturated heterocycles. The number of nitrogens with zero attached hydrogens (tertiary/aromatic N) is 2. The molecule has 1 aromatic carbocycles. The fourth-order valence-electron chi connectivity index (χ4n) is 1.84. The molecule has 0 aliphatic heterocycles. The molecular weight excluding hydrogens is 240 g/mol. The van der Waals surface area contributed by atoms with Gasteiger partial charge in [-0.1, -0.05) is 12.1 Å². The summed E-state index contributed by atoms with van der Waals surface area (Å²) in [5.41, 5.74) is 3.64. The monoisotopic (exact) mass is 256 g/mol. The van der Waals surface area contributed by atoms with Crippen LogP contribution >= 0.6 is 0 Å². The number of rotatable bonds is 6. The average Bonchev–Trinajstić information content (AvgIpc) is 2.92. The summed E-state index contributed by atoms with van der Waals surface area (Å²) < 4.78 is 4.98. The third-order valence-electron chi connectivity index (χ3n) is 2.80. The Morgan fingerprint density at radius 3 is 3.16 bits per heavy atom. The lowest BCUT2D eigenvalue weighted by Crippen LogP contribution is -2.18. The lowest BCUT2D eigenvalue weighted by atomic mass is 10.1. The highest BCUT2D eigenvalue weighted by Crippen LogP contribution is 2.21. The van der Waals surface area contributed by atoms with Crippen LogP contribution < -0.4 is 5.32 Å². The van der Waals surface area contributed by atoms with Gasteiger partial charge in [-0.3, -0.25) is 5.10 Å². The van der Waals surface area contributed by atoms with Gasteiger partial charge in [0.15, 0.2) is 0 Å². The molecule has 0 aliphatic rings. The lowest BCUT2D eigenvalue weighted by molar-refractivity contribution is 0.199. The van der Waals surface area contributed by atoms with Gasteiger partial charge < -0.3 is 10.1 Å². The van der Waals surface area contributed by atoms with Crippen LogP contribution in [0.4, 0.5) is 0 Å². The summed E-state index contributed by atoms with van der Waals surface area (Å²) in [6.45, 7) is 2.18. The van der Waals surface area contributed by atoms with Gasteiger partial charge in [-0.05, 0) is 12.1 Å². The summed E-state index contributed by atoms with van der Waals surface area (Å²) in [6.07, 6.45) is 1.80. The van der Waals surface area contributed by atoms with Crippen LogP contribution in [0.1, 0.15) is 11.1 Å². The zero-order valence-electron chi connectivity index (χ0n) is 10.8. The van der Waals surface area contributed by atoms with E-state index in [9.17, 15) is 0 Å². The van der Waals surface area contributed by atoms with Crippen LogP contribution in [0.25, 0.3) is 11.3 Å². The maximum atomic E-state index is 8.93. The molecule has 0 radical (unpaired) electrons. The highest BCUT2D eigenvalue weighted by atomic mass is 16.5. The topological polar surface area (TPSA) is 73.7 Å². The molecule has 1 heterocycles. The van der Waals surface area contributed by atoms with E-state index in [0.29, 0.717) is 18.7 Å². The number of benzene rings is 1. The van der Waals surface area contributed by atoms with Crippen molar-refractivity contribution in [2.45, 2.75) is 6.54 Å².